The van der Waals surface area contributed by atoms with E-state index in [0.717, 1.165) is 35.9 Å². The highest BCUT2D eigenvalue weighted by atomic mass is 16.2. The van der Waals surface area contributed by atoms with Crippen LogP contribution in [0, 0.1) is 0 Å². The summed E-state index contributed by atoms with van der Waals surface area (Å²) in [5, 5.41) is 3.40. The van der Waals surface area contributed by atoms with Crippen LogP contribution in [0.3, 0.4) is 0 Å². The molecule has 8 heteroatoms. The van der Waals surface area contributed by atoms with Gasteiger partial charge >= 0.3 is 0 Å². The first-order valence-electron chi connectivity index (χ1n) is 9.92. The molecule has 1 N–H and O–H groups in total. The third-order valence-corrected chi connectivity index (χ3v) is 5.50. The highest BCUT2D eigenvalue weighted by molar-refractivity contribution is 5.79. The van der Waals surface area contributed by atoms with Crippen molar-refractivity contribution in [1.82, 2.24) is 29.7 Å². The number of nitrogens with zero attached hydrogens (tertiary/aromatic N) is 6. The zero-order chi connectivity index (χ0) is 20.4. The van der Waals surface area contributed by atoms with Gasteiger partial charge in [0.2, 0.25) is 11.9 Å². The molecule has 0 radical (unpaired) electrons. The van der Waals surface area contributed by atoms with Crippen molar-refractivity contribution >= 4 is 22.9 Å². The van der Waals surface area contributed by atoms with Crippen molar-refractivity contribution < 1.29 is 4.79 Å². The number of piperazine rings is 1. The number of amides is 1. The molecule has 29 heavy (non-hydrogen) atoms. The molecule has 2 aromatic heterocycles. The number of nitrogens with one attached hydrogen (secondary N) is 1. The van der Waals surface area contributed by atoms with Crippen molar-refractivity contribution in [2.24, 2.45) is 7.05 Å². The number of aromatic nitrogens is 4. The molecule has 8 nitrogen and oxygen atoms in total. The summed E-state index contributed by atoms with van der Waals surface area (Å²) in [6, 6.07) is 9.88. The van der Waals surface area contributed by atoms with Crippen molar-refractivity contribution in [1.29, 1.82) is 0 Å². The monoisotopic (exact) mass is 393 g/mol. The lowest BCUT2D eigenvalue weighted by Gasteiger charge is -2.35. The zero-order valence-electron chi connectivity index (χ0n) is 17.2. The van der Waals surface area contributed by atoms with E-state index in [1.54, 1.807) is 18.5 Å². The normalized spacial score (nSPS) is 15.1. The number of anilines is 1. The number of hydrogen-bond acceptors (Lipinski definition) is 6. The zero-order valence-corrected chi connectivity index (χ0v) is 17.2. The Morgan fingerprint density at radius 2 is 1.76 bits per heavy atom. The molecule has 0 bridgehead atoms. The van der Waals surface area contributed by atoms with Crippen LogP contribution in [0.15, 0.2) is 42.7 Å². The summed E-state index contributed by atoms with van der Waals surface area (Å²) >= 11 is 0. The first-order chi connectivity index (χ1) is 14.0. The molecule has 0 saturated carbocycles. The maximum absolute atomic E-state index is 12.8. The molecule has 152 valence electrons. The van der Waals surface area contributed by atoms with Crippen LogP contribution in [0.1, 0.15) is 19.7 Å². The van der Waals surface area contributed by atoms with Crippen LogP contribution in [0.2, 0.25) is 0 Å². The Balaban J connectivity index is 1.36. The number of benzene rings is 1. The summed E-state index contributed by atoms with van der Waals surface area (Å²) in [4.78, 5) is 30.1. The van der Waals surface area contributed by atoms with Crippen LogP contribution in [0.5, 0.6) is 0 Å². The summed E-state index contributed by atoms with van der Waals surface area (Å²) in [7, 11) is 2.01. The van der Waals surface area contributed by atoms with Crippen molar-refractivity contribution in [3.63, 3.8) is 0 Å². The van der Waals surface area contributed by atoms with E-state index in [1.165, 1.54) is 0 Å². The van der Waals surface area contributed by atoms with Gasteiger partial charge < -0.3 is 14.4 Å². The summed E-state index contributed by atoms with van der Waals surface area (Å²) in [5.41, 5.74) is 1.62. The molecule has 0 spiro atoms. The fraction of sp³-hybridized carbons (Fsp3) is 0.429. The van der Waals surface area contributed by atoms with E-state index >= 15 is 0 Å². The third-order valence-electron chi connectivity index (χ3n) is 5.50. The Labute approximate surface area is 170 Å². The Hall–Kier alpha value is -3.00. The molecular weight excluding hydrogens is 366 g/mol. The molecular formula is C21H27N7O. The minimum Gasteiger partial charge on any atom is -0.338 e. The van der Waals surface area contributed by atoms with E-state index in [9.17, 15) is 4.79 Å². The minimum absolute atomic E-state index is 0.102. The number of aryl methyl sites for hydroxylation is 1. The van der Waals surface area contributed by atoms with Gasteiger partial charge in [-0.3, -0.25) is 10.1 Å². The number of imidazole rings is 1. The van der Waals surface area contributed by atoms with E-state index in [4.69, 9.17) is 4.98 Å². The molecule has 1 saturated heterocycles. The predicted molar refractivity (Wildman–Crippen MR) is 113 cm³/mol. The fourth-order valence-corrected chi connectivity index (χ4v) is 3.80. The number of carbonyl (C=O) groups excluding carboxylic acids is 1. The smallest absolute Gasteiger partial charge is 0.236 e. The highest BCUT2D eigenvalue weighted by Gasteiger charge is 2.29. The van der Waals surface area contributed by atoms with E-state index in [-0.39, 0.29) is 12.5 Å². The van der Waals surface area contributed by atoms with E-state index in [0.29, 0.717) is 13.1 Å². The lowest BCUT2D eigenvalue weighted by molar-refractivity contribution is -0.130. The Morgan fingerprint density at radius 3 is 2.45 bits per heavy atom. The van der Waals surface area contributed by atoms with E-state index in [2.05, 4.69) is 44.7 Å². The molecule has 1 aromatic carbocycles. The molecule has 4 rings (SSSR count). The van der Waals surface area contributed by atoms with Gasteiger partial charge in [0.1, 0.15) is 5.82 Å². The SMILES string of the molecule is Cn1c(C(C)(C)NCC(=O)N2CCN(c3ncccn3)CC2)nc2ccccc21. The van der Waals surface area contributed by atoms with Gasteiger partial charge in [-0.15, -0.1) is 0 Å². The summed E-state index contributed by atoms with van der Waals surface area (Å²) < 4.78 is 2.09. The Morgan fingerprint density at radius 1 is 1.07 bits per heavy atom. The lowest BCUT2D eigenvalue weighted by Crippen LogP contribution is -2.53. The van der Waals surface area contributed by atoms with Crippen LogP contribution in [0.25, 0.3) is 11.0 Å². The molecule has 3 heterocycles. The van der Waals surface area contributed by atoms with Crippen LogP contribution in [0.4, 0.5) is 5.95 Å². The van der Waals surface area contributed by atoms with Crippen LogP contribution < -0.4 is 10.2 Å². The molecule has 3 aromatic rings. The summed E-state index contributed by atoms with van der Waals surface area (Å²) in [6.45, 7) is 7.22. The highest BCUT2D eigenvalue weighted by Crippen LogP contribution is 2.23. The summed E-state index contributed by atoms with van der Waals surface area (Å²) in [5.74, 6) is 1.74. The average Bonchev–Trinajstić information content (AvgIpc) is 3.10. The lowest BCUT2D eigenvalue weighted by atomic mass is 10.0. The van der Waals surface area contributed by atoms with Gasteiger partial charge in [0, 0.05) is 45.6 Å². The number of hydrogen-bond donors (Lipinski definition) is 1. The number of rotatable bonds is 5. The molecule has 0 aliphatic carbocycles. The maximum atomic E-state index is 12.8. The summed E-state index contributed by atoms with van der Waals surface area (Å²) in [6.07, 6.45) is 3.49. The Bertz CT molecular complexity index is 991. The van der Waals surface area contributed by atoms with Gasteiger partial charge in [-0.2, -0.15) is 0 Å². The van der Waals surface area contributed by atoms with Gasteiger partial charge in [0.05, 0.1) is 23.1 Å². The quantitative estimate of drug-likeness (QED) is 0.708. The van der Waals surface area contributed by atoms with Crippen LogP contribution >= 0.6 is 0 Å². The molecule has 1 aliphatic rings. The standard InChI is InChI=1S/C21H27N7O/c1-21(2,19-25-16-7-4-5-8-17(16)26(19)3)24-15-18(29)27-11-13-28(14-12-27)20-22-9-6-10-23-20/h4-10,24H,11-15H2,1-3H3. The topological polar surface area (TPSA) is 79.2 Å². The fourth-order valence-electron chi connectivity index (χ4n) is 3.80. The first-order valence-corrected chi connectivity index (χ1v) is 9.92. The first kappa shape index (κ1) is 19.3. The third kappa shape index (κ3) is 3.93. The molecule has 0 atom stereocenters. The van der Waals surface area contributed by atoms with Gasteiger partial charge in [-0.1, -0.05) is 12.1 Å². The number of fused-ring (bicyclic) bond motifs is 1. The molecule has 1 amide bonds. The van der Waals surface area contributed by atoms with E-state index < -0.39 is 5.54 Å². The average molecular weight is 393 g/mol. The van der Waals surface area contributed by atoms with Crippen molar-refractivity contribution in [2.75, 3.05) is 37.6 Å². The maximum Gasteiger partial charge on any atom is 0.236 e. The van der Waals surface area contributed by atoms with Gasteiger partial charge in [-0.25, -0.2) is 15.0 Å². The van der Waals surface area contributed by atoms with Crippen molar-refractivity contribution in [3.05, 3.63) is 48.5 Å². The van der Waals surface area contributed by atoms with E-state index in [1.807, 2.05) is 30.1 Å². The number of carbonyl (C=O) groups is 1. The van der Waals surface area contributed by atoms with Crippen LogP contribution in [-0.4, -0.2) is 63.0 Å². The Kier molecular flexibility index (Phi) is 5.19. The largest absolute Gasteiger partial charge is 0.338 e. The second kappa shape index (κ2) is 7.79. The second-order valence-electron chi connectivity index (χ2n) is 7.88. The molecule has 1 aliphatic heterocycles. The van der Waals surface area contributed by atoms with Crippen LogP contribution in [-0.2, 0) is 17.4 Å². The van der Waals surface area contributed by atoms with Crippen molar-refractivity contribution in [3.8, 4) is 0 Å². The predicted octanol–water partition coefficient (Wildman–Crippen LogP) is 1.54. The van der Waals surface area contributed by atoms with Gasteiger partial charge in [0.25, 0.3) is 0 Å². The minimum atomic E-state index is -0.427. The van der Waals surface area contributed by atoms with Gasteiger partial charge in [0.15, 0.2) is 0 Å². The molecule has 0 unspecified atom stereocenters. The molecule has 1 fully saturated rings. The number of para-hydroxylation sites is 2. The van der Waals surface area contributed by atoms with Gasteiger partial charge in [-0.05, 0) is 32.0 Å². The van der Waals surface area contributed by atoms with Crippen molar-refractivity contribution in [2.45, 2.75) is 19.4 Å². The second-order valence-corrected chi connectivity index (χ2v) is 7.88.